The SMILES string of the molecule is CC1CCNCC1NS(=O)(=O)c1ccc2c(c1)n(C)c(=O)n2C. The second-order valence-electron chi connectivity index (χ2n) is 6.25. The number of nitrogens with zero attached hydrogens (tertiary/aromatic N) is 2. The van der Waals surface area contributed by atoms with Crippen molar-refractivity contribution >= 4 is 21.1 Å². The van der Waals surface area contributed by atoms with Crippen LogP contribution < -0.4 is 15.7 Å². The maximum absolute atomic E-state index is 12.7. The lowest BCUT2D eigenvalue weighted by Gasteiger charge is -2.29. The molecule has 3 rings (SSSR count). The van der Waals surface area contributed by atoms with Crippen molar-refractivity contribution in [3.63, 3.8) is 0 Å². The zero-order valence-corrected chi connectivity index (χ0v) is 14.4. The number of fused-ring (bicyclic) bond motifs is 1. The molecule has 126 valence electrons. The standard InChI is InChI=1S/C15H22N4O3S/c1-10-6-7-16-9-12(10)17-23(21,22)11-4-5-13-14(8-11)19(3)15(20)18(13)2/h4-5,8,10,12,16-17H,6-7,9H2,1-3H3. The summed E-state index contributed by atoms with van der Waals surface area (Å²) in [5, 5.41) is 3.21. The van der Waals surface area contributed by atoms with E-state index in [2.05, 4.69) is 17.0 Å². The summed E-state index contributed by atoms with van der Waals surface area (Å²) in [5.74, 6) is 0.288. The van der Waals surface area contributed by atoms with E-state index >= 15 is 0 Å². The molecular weight excluding hydrogens is 316 g/mol. The average Bonchev–Trinajstić information content (AvgIpc) is 2.74. The van der Waals surface area contributed by atoms with E-state index in [0.29, 0.717) is 17.6 Å². The Bertz CT molecular complexity index is 897. The van der Waals surface area contributed by atoms with Gasteiger partial charge in [-0.25, -0.2) is 17.9 Å². The van der Waals surface area contributed by atoms with Gasteiger partial charge in [-0.05, 0) is 37.1 Å². The number of aromatic nitrogens is 2. The number of rotatable bonds is 3. The fraction of sp³-hybridized carbons (Fsp3) is 0.533. The lowest BCUT2D eigenvalue weighted by Crippen LogP contribution is -2.50. The highest BCUT2D eigenvalue weighted by molar-refractivity contribution is 7.89. The van der Waals surface area contributed by atoms with Gasteiger partial charge < -0.3 is 5.32 Å². The first-order chi connectivity index (χ1) is 10.8. The van der Waals surface area contributed by atoms with Crippen molar-refractivity contribution < 1.29 is 8.42 Å². The summed E-state index contributed by atoms with van der Waals surface area (Å²) < 4.78 is 31.1. The highest BCUT2D eigenvalue weighted by Gasteiger charge is 2.27. The fourth-order valence-electron chi connectivity index (χ4n) is 3.07. The van der Waals surface area contributed by atoms with Crippen LogP contribution in [0.1, 0.15) is 13.3 Å². The zero-order valence-electron chi connectivity index (χ0n) is 13.5. The van der Waals surface area contributed by atoms with Crippen molar-refractivity contribution in [1.29, 1.82) is 0 Å². The third-order valence-electron chi connectivity index (χ3n) is 4.69. The van der Waals surface area contributed by atoms with Gasteiger partial charge in [-0.2, -0.15) is 0 Å². The molecule has 1 aromatic heterocycles. The molecule has 2 N–H and O–H groups in total. The van der Waals surface area contributed by atoms with E-state index in [-0.39, 0.29) is 22.5 Å². The molecule has 1 aromatic carbocycles. The number of aryl methyl sites for hydroxylation is 2. The van der Waals surface area contributed by atoms with Crippen molar-refractivity contribution in [3.8, 4) is 0 Å². The molecule has 2 unspecified atom stereocenters. The van der Waals surface area contributed by atoms with Crippen LogP contribution in [-0.2, 0) is 24.1 Å². The highest BCUT2D eigenvalue weighted by atomic mass is 32.2. The van der Waals surface area contributed by atoms with Crippen LogP contribution in [0.15, 0.2) is 27.9 Å². The Hall–Kier alpha value is -1.64. The van der Waals surface area contributed by atoms with Crippen LogP contribution >= 0.6 is 0 Å². The van der Waals surface area contributed by atoms with E-state index in [0.717, 1.165) is 13.0 Å². The maximum Gasteiger partial charge on any atom is 0.328 e. The van der Waals surface area contributed by atoms with Crippen LogP contribution in [0, 0.1) is 5.92 Å². The monoisotopic (exact) mass is 338 g/mol. The normalized spacial score (nSPS) is 22.6. The molecule has 0 amide bonds. The number of piperidine rings is 1. The number of nitrogens with one attached hydrogen (secondary N) is 2. The third-order valence-corrected chi connectivity index (χ3v) is 6.18. The largest absolute Gasteiger partial charge is 0.328 e. The van der Waals surface area contributed by atoms with Gasteiger partial charge in [0.15, 0.2) is 0 Å². The van der Waals surface area contributed by atoms with Gasteiger partial charge in [-0.1, -0.05) is 6.92 Å². The van der Waals surface area contributed by atoms with E-state index in [1.807, 2.05) is 0 Å². The van der Waals surface area contributed by atoms with Gasteiger partial charge in [-0.3, -0.25) is 9.13 Å². The second kappa shape index (κ2) is 5.77. The molecule has 0 spiro atoms. The average molecular weight is 338 g/mol. The number of hydrogen-bond acceptors (Lipinski definition) is 4. The molecule has 7 nitrogen and oxygen atoms in total. The van der Waals surface area contributed by atoms with Crippen LogP contribution in [-0.4, -0.2) is 36.7 Å². The Morgan fingerprint density at radius 1 is 1.22 bits per heavy atom. The highest BCUT2D eigenvalue weighted by Crippen LogP contribution is 2.20. The minimum Gasteiger partial charge on any atom is -0.315 e. The van der Waals surface area contributed by atoms with E-state index in [1.54, 1.807) is 32.3 Å². The van der Waals surface area contributed by atoms with E-state index < -0.39 is 10.0 Å². The number of hydrogen-bond donors (Lipinski definition) is 2. The summed E-state index contributed by atoms with van der Waals surface area (Å²) in [7, 11) is -0.306. The van der Waals surface area contributed by atoms with Crippen molar-refractivity contribution in [2.24, 2.45) is 20.0 Å². The van der Waals surface area contributed by atoms with Crippen LogP contribution in [0.4, 0.5) is 0 Å². The van der Waals surface area contributed by atoms with Gasteiger partial charge in [0, 0.05) is 26.7 Å². The topological polar surface area (TPSA) is 85.1 Å². The lowest BCUT2D eigenvalue weighted by atomic mass is 9.96. The lowest BCUT2D eigenvalue weighted by molar-refractivity contribution is 0.327. The first kappa shape index (κ1) is 16.2. The number of sulfonamides is 1. The van der Waals surface area contributed by atoms with Crippen LogP contribution in [0.3, 0.4) is 0 Å². The molecule has 0 bridgehead atoms. The molecule has 23 heavy (non-hydrogen) atoms. The van der Waals surface area contributed by atoms with Crippen molar-refractivity contribution in [3.05, 3.63) is 28.7 Å². The Balaban J connectivity index is 1.98. The molecule has 1 aliphatic heterocycles. The van der Waals surface area contributed by atoms with E-state index in [1.165, 1.54) is 9.13 Å². The van der Waals surface area contributed by atoms with Crippen molar-refractivity contribution in [1.82, 2.24) is 19.2 Å². The van der Waals surface area contributed by atoms with Gasteiger partial charge in [0.2, 0.25) is 10.0 Å². The van der Waals surface area contributed by atoms with Gasteiger partial charge >= 0.3 is 5.69 Å². The molecule has 1 saturated heterocycles. The van der Waals surface area contributed by atoms with Crippen LogP contribution in [0.5, 0.6) is 0 Å². The summed E-state index contributed by atoms with van der Waals surface area (Å²) in [6.45, 7) is 3.60. The molecule has 1 aliphatic rings. The minimum absolute atomic E-state index is 0.121. The maximum atomic E-state index is 12.7. The molecule has 2 atom stereocenters. The molecule has 0 radical (unpaired) electrons. The molecule has 0 saturated carbocycles. The van der Waals surface area contributed by atoms with Gasteiger partial charge in [-0.15, -0.1) is 0 Å². The molecule has 0 aliphatic carbocycles. The molecule has 1 fully saturated rings. The van der Waals surface area contributed by atoms with Crippen molar-refractivity contribution in [2.45, 2.75) is 24.3 Å². The predicted octanol–water partition coefficient (Wildman–Crippen LogP) is 0.153. The van der Waals surface area contributed by atoms with Crippen LogP contribution in [0.2, 0.25) is 0 Å². The second-order valence-corrected chi connectivity index (χ2v) is 7.96. The summed E-state index contributed by atoms with van der Waals surface area (Å²) in [6.07, 6.45) is 0.944. The van der Waals surface area contributed by atoms with Crippen LogP contribution in [0.25, 0.3) is 11.0 Å². The minimum atomic E-state index is -3.62. The van der Waals surface area contributed by atoms with E-state index in [9.17, 15) is 13.2 Å². The van der Waals surface area contributed by atoms with E-state index in [4.69, 9.17) is 0 Å². The number of benzene rings is 1. The zero-order chi connectivity index (χ0) is 16.8. The summed E-state index contributed by atoms with van der Waals surface area (Å²) in [4.78, 5) is 12.1. The van der Waals surface area contributed by atoms with Crippen molar-refractivity contribution in [2.75, 3.05) is 13.1 Å². The third kappa shape index (κ3) is 2.82. The summed E-state index contributed by atoms with van der Waals surface area (Å²) in [6, 6.07) is 4.66. The molecule has 2 heterocycles. The van der Waals surface area contributed by atoms with Gasteiger partial charge in [0.05, 0.1) is 15.9 Å². The summed E-state index contributed by atoms with van der Waals surface area (Å²) in [5.41, 5.74) is 1.15. The first-order valence-corrected chi connectivity index (χ1v) is 9.18. The molecule has 2 aromatic rings. The fourth-order valence-corrected chi connectivity index (χ4v) is 4.43. The Kier molecular flexibility index (Phi) is 4.07. The molecule has 8 heteroatoms. The van der Waals surface area contributed by atoms with Gasteiger partial charge in [0.1, 0.15) is 0 Å². The molecular formula is C15H22N4O3S. The predicted molar refractivity (Wildman–Crippen MR) is 88.9 cm³/mol. The Labute approximate surface area is 135 Å². The first-order valence-electron chi connectivity index (χ1n) is 7.70. The summed E-state index contributed by atoms with van der Waals surface area (Å²) >= 11 is 0. The quantitative estimate of drug-likeness (QED) is 0.834. The Morgan fingerprint density at radius 2 is 1.91 bits per heavy atom. The van der Waals surface area contributed by atoms with Gasteiger partial charge in [0.25, 0.3) is 0 Å². The Morgan fingerprint density at radius 3 is 2.61 bits per heavy atom. The smallest absolute Gasteiger partial charge is 0.315 e. The number of imidazole rings is 1.